The van der Waals surface area contributed by atoms with E-state index in [0.717, 1.165) is 19.3 Å². The van der Waals surface area contributed by atoms with E-state index >= 15 is 0 Å². The second-order valence-corrected chi connectivity index (χ2v) is 8.53. The van der Waals surface area contributed by atoms with Gasteiger partial charge in [0.25, 0.3) is 0 Å². The van der Waals surface area contributed by atoms with E-state index in [4.69, 9.17) is 10.5 Å². The Kier molecular flexibility index (Phi) is 5.62. The Morgan fingerprint density at radius 2 is 2.11 bits per heavy atom. The van der Waals surface area contributed by atoms with E-state index in [1.165, 1.54) is 6.42 Å². The largest absolute Gasteiger partial charge is 0.373 e. The minimum absolute atomic E-state index is 0.0980. The third kappa shape index (κ3) is 4.21. The first-order chi connectivity index (χ1) is 8.31. The van der Waals surface area contributed by atoms with E-state index in [1.807, 2.05) is 0 Å². The molecule has 0 amide bonds. The molecule has 0 spiro atoms. The van der Waals surface area contributed by atoms with Crippen LogP contribution in [0.5, 0.6) is 0 Å². The van der Waals surface area contributed by atoms with Crippen LogP contribution in [0.2, 0.25) is 0 Å². The van der Waals surface area contributed by atoms with Gasteiger partial charge in [-0.15, -0.1) is 0 Å². The van der Waals surface area contributed by atoms with Crippen LogP contribution < -0.4 is 5.73 Å². The highest BCUT2D eigenvalue weighted by Crippen LogP contribution is 2.34. The summed E-state index contributed by atoms with van der Waals surface area (Å²) in [5, 5.41) is -0.333. The summed E-state index contributed by atoms with van der Waals surface area (Å²) in [6.45, 7) is 6.37. The fourth-order valence-corrected chi connectivity index (χ4v) is 3.38. The monoisotopic (exact) mass is 277 g/mol. The van der Waals surface area contributed by atoms with E-state index in [0.29, 0.717) is 12.5 Å². The summed E-state index contributed by atoms with van der Waals surface area (Å²) >= 11 is 0. The Morgan fingerprint density at radius 1 is 1.44 bits per heavy atom. The minimum Gasteiger partial charge on any atom is -0.373 e. The highest BCUT2D eigenvalue weighted by molar-refractivity contribution is 7.91. The molecule has 108 valence electrons. The second-order valence-electron chi connectivity index (χ2n) is 5.85. The smallest absolute Gasteiger partial charge is 0.154 e. The van der Waals surface area contributed by atoms with Crippen LogP contribution in [0.25, 0.3) is 0 Å². The maximum Gasteiger partial charge on any atom is 0.154 e. The van der Waals surface area contributed by atoms with Crippen LogP contribution in [-0.2, 0) is 14.6 Å². The summed E-state index contributed by atoms with van der Waals surface area (Å²) in [5.74, 6) is 0.713. The van der Waals surface area contributed by atoms with Gasteiger partial charge in [0.2, 0.25) is 0 Å². The molecular weight excluding hydrogens is 250 g/mol. The van der Waals surface area contributed by atoms with E-state index < -0.39 is 9.84 Å². The average Bonchev–Trinajstić information content (AvgIpc) is 2.28. The molecule has 1 saturated carbocycles. The second kappa shape index (κ2) is 6.35. The van der Waals surface area contributed by atoms with Crippen molar-refractivity contribution in [3.05, 3.63) is 0 Å². The van der Waals surface area contributed by atoms with Gasteiger partial charge in [-0.3, -0.25) is 0 Å². The van der Waals surface area contributed by atoms with E-state index in [2.05, 4.69) is 6.92 Å². The third-order valence-corrected chi connectivity index (χ3v) is 6.09. The molecule has 2 N–H and O–H groups in total. The molecule has 2 atom stereocenters. The average molecular weight is 277 g/mol. The maximum atomic E-state index is 11.7. The summed E-state index contributed by atoms with van der Waals surface area (Å²) in [7, 11) is -3.01. The molecule has 0 aromatic rings. The number of ether oxygens (including phenoxy) is 1. The summed E-state index contributed by atoms with van der Waals surface area (Å²) in [6.07, 6.45) is 4.24. The predicted octanol–water partition coefficient (Wildman–Crippen LogP) is 1.73. The lowest BCUT2D eigenvalue weighted by Gasteiger charge is -2.39. The molecule has 18 heavy (non-hydrogen) atoms. The summed E-state index contributed by atoms with van der Waals surface area (Å²) in [6, 6.07) is 0. The first-order valence-electron chi connectivity index (χ1n) is 6.87. The Bertz CT molecular complexity index is 353. The lowest BCUT2D eigenvalue weighted by molar-refractivity contribution is -0.0679. The van der Waals surface area contributed by atoms with Crippen molar-refractivity contribution in [1.82, 2.24) is 0 Å². The van der Waals surface area contributed by atoms with Gasteiger partial charge in [0.1, 0.15) is 0 Å². The Balaban J connectivity index is 2.50. The molecule has 1 aliphatic rings. The molecule has 1 fully saturated rings. The number of sulfone groups is 1. The molecule has 0 aromatic carbocycles. The molecule has 0 aliphatic heterocycles. The van der Waals surface area contributed by atoms with Crippen molar-refractivity contribution in [1.29, 1.82) is 0 Å². The van der Waals surface area contributed by atoms with Crippen molar-refractivity contribution in [2.75, 3.05) is 18.9 Å². The molecule has 2 unspecified atom stereocenters. The van der Waals surface area contributed by atoms with Crippen LogP contribution in [0.4, 0.5) is 0 Å². The molecule has 0 bridgehead atoms. The standard InChI is InChI=1S/C13H27NO3S/c1-11(2)18(15,16)8-7-17-13(10-14)6-4-5-12(3)9-13/h11-12H,4-10,14H2,1-3H3. The number of nitrogens with two attached hydrogens (primary N) is 1. The van der Waals surface area contributed by atoms with Crippen LogP contribution in [-0.4, -0.2) is 38.2 Å². The molecule has 0 aromatic heterocycles. The lowest BCUT2D eigenvalue weighted by atomic mass is 9.79. The van der Waals surface area contributed by atoms with Crippen LogP contribution in [0.15, 0.2) is 0 Å². The normalized spacial score (nSPS) is 29.7. The van der Waals surface area contributed by atoms with Crippen molar-refractivity contribution >= 4 is 9.84 Å². The Labute approximate surface area is 111 Å². The van der Waals surface area contributed by atoms with Crippen molar-refractivity contribution in [2.24, 2.45) is 11.7 Å². The van der Waals surface area contributed by atoms with Gasteiger partial charge in [0, 0.05) is 6.54 Å². The van der Waals surface area contributed by atoms with Gasteiger partial charge < -0.3 is 10.5 Å². The van der Waals surface area contributed by atoms with Gasteiger partial charge in [-0.1, -0.05) is 19.8 Å². The van der Waals surface area contributed by atoms with Gasteiger partial charge in [-0.2, -0.15) is 0 Å². The minimum atomic E-state index is -3.01. The summed E-state index contributed by atoms with van der Waals surface area (Å²) in [5.41, 5.74) is 5.55. The quantitative estimate of drug-likeness (QED) is 0.803. The van der Waals surface area contributed by atoms with Crippen LogP contribution >= 0.6 is 0 Å². The molecule has 0 heterocycles. The van der Waals surface area contributed by atoms with Crippen molar-refractivity contribution in [3.63, 3.8) is 0 Å². The predicted molar refractivity (Wildman–Crippen MR) is 74.3 cm³/mol. The van der Waals surface area contributed by atoms with Gasteiger partial charge in [0.05, 0.1) is 23.2 Å². The number of hydrogen-bond donors (Lipinski definition) is 1. The van der Waals surface area contributed by atoms with Crippen LogP contribution in [0.1, 0.15) is 46.5 Å². The van der Waals surface area contributed by atoms with Crippen molar-refractivity contribution in [3.8, 4) is 0 Å². The molecule has 4 nitrogen and oxygen atoms in total. The van der Waals surface area contributed by atoms with E-state index in [9.17, 15) is 8.42 Å². The van der Waals surface area contributed by atoms with Crippen molar-refractivity contribution in [2.45, 2.75) is 57.3 Å². The molecule has 1 aliphatic carbocycles. The molecular formula is C13H27NO3S. The van der Waals surface area contributed by atoms with Crippen molar-refractivity contribution < 1.29 is 13.2 Å². The van der Waals surface area contributed by atoms with Gasteiger partial charge >= 0.3 is 0 Å². The summed E-state index contributed by atoms with van der Waals surface area (Å²) < 4.78 is 29.3. The van der Waals surface area contributed by atoms with Gasteiger partial charge in [-0.25, -0.2) is 8.42 Å². The maximum absolute atomic E-state index is 11.7. The zero-order valence-corrected chi connectivity index (χ0v) is 12.6. The van der Waals surface area contributed by atoms with Crippen LogP contribution in [0.3, 0.4) is 0 Å². The Morgan fingerprint density at radius 3 is 2.61 bits per heavy atom. The van der Waals surface area contributed by atoms with Gasteiger partial charge in [0.15, 0.2) is 9.84 Å². The fourth-order valence-electron chi connectivity index (χ4n) is 2.60. The molecule has 0 saturated heterocycles. The zero-order chi connectivity index (χ0) is 13.8. The first-order valence-corrected chi connectivity index (χ1v) is 8.58. The fraction of sp³-hybridized carbons (Fsp3) is 1.00. The van der Waals surface area contributed by atoms with Gasteiger partial charge in [-0.05, 0) is 32.6 Å². The molecule has 1 rings (SSSR count). The summed E-state index contributed by atoms with van der Waals surface area (Å²) in [4.78, 5) is 0. The molecule has 5 heteroatoms. The van der Waals surface area contributed by atoms with Crippen LogP contribution in [0, 0.1) is 5.92 Å². The number of rotatable bonds is 6. The van der Waals surface area contributed by atoms with E-state index in [-0.39, 0.29) is 23.2 Å². The lowest BCUT2D eigenvalue weighted by Crippen LogP contribution is -2.45. The highest BCUT2D eigenvalue weighted by atomic mass is 32.2. The zero-order valence-electron chi connectivity index (χ0n) is 11.8. The first kappa shape index (κ1) is 15.9. The molecule has 0 radical (unpaired) electrons. The Hall–Kier alpha value is -0.130. The number of hydrogen-bond acceptors (Lipinski definition) is 4. The SMILES string of the molecule is CC1CCCC(CN)(OCCS(=O)(=O)C(C)C)C1. The topological polar surface area (TPSA) is 69.4 Å². The third-order valence-electron chi connectivity index (χ3n) is 3.92. The van der Waals surface area contributed by atoms with E-state index in [1.54, 1.807) is 13.8 Å². The highest BCUT2D eigenvalue weighted by Gasteiger charge is 2.35.